The van der Waals surface area contributed by atoms with Gasteiger partial charge in [-0.05, 0) is 12.3 Å². The number of amides is 2. The van der Waals surface area contributed by atoms with Crippen LogP contribution in [-0.2, 0) is 9.59 Å². The zero-order valence-corrected chi connectivity index (χ0v) is 8.30. The summed E-state index contributed by atoms with van der Waals surface area (Å²) < 4.78 is 0. The Morgan fingerprint density at radius 3 is 2.38 bits per heavy atom. The predicted molar refractivity (Wildman–Crippen MR) is 50.9 cm³/mol. The highest BCUT2D eigenvalue weighted by atomic mass is 16.2. The molecule has 0 aromatic rings. The zero-order chi connectivity index (χ0) is 10.3. The fourth-order valence-corrected chi connectivity index (χ4v) is 0.995. The van der Waals surface area contributed by atoms with Crippen molar-refractivity contribution in [2.45, 2.75) is 33.1 Å². The SMILES string of the molecule is CC1CNC(=O)C1.CCCC(N)=O. The van der Waals surface area contributed by atoms with Crippen molar-refractivity contribution < 1.29 is 9.59 Å². The van der Waals surface area contributed by atoms with Crippen LogP contribution in [0.25, 0.3) is 0 Å². The minimum absolute atomic E-state index is 0.201. The van der Waals surface area contributed by atoms with Crippen LogP contribution in [0.4, 0.5) is 0 Å². The van der Waals surface area contributed by atoms with E-state index in [1.165, 1.54) is 0 Å². The van der Waals surface area contributed by atoms with Gasteiger partial charge in [-0.15, -0.1) is 0 Å². The van der Waals surface area contributed by atoms with E-state index in [2.05, 4.69) is 12.2 Å². The molecule has 0 aromatic heterocycles. The summed E-state index contributed by atoms with van der Waals surface area (Å²) in [5.74, 6) is 0.553. The van der Waals surface area contributed by atoms with Gasteiger partial charge in [-0.1, -0.05) is 13.8 Å². The second kappa shape index (κ2) is 6.46. The van der Waals surface area contributed by atoms with Gasteiger partial charge in [-0.3, -0.25) is 9.59 Å². The Bertz CT molecular complexity index is 180. The van der Waals surface area contributed by atoms with E-state index < -0.39 is 0 Å². The Hall–Kier alpha value is -1.06. The number of carbonyl (C=O) groups excluding carboxylic acids is 2. The van der Waals surface area contributed by atoms with Crippen molar-refractivity contribution in [1.82, 2.24) is 5.32 Å². The molecule has 1 atom stereocenters. The molecule has 1 aliphatic heterocycles. The van der Waals surface area contributed by atoms with Crippen LogP contribution in [0, 0.1) is 5.92 Å². The van der Waals surface area contributed by atoms with Crippen LogP contribution in [0.1, 0.15) is 33.1 Å². The van der Waals surface area contributed by atoms with E-state index in [0.29, 0.717) is 12.3 Å². The van der Waals surface area contributed by atoms with Gasteiger partial charge in [0.2, 0.25) is 11.8 Å². The van der Waals surface area contributed by atoms with Crippen molar-refractivity contribution in [3.8, 4) is 0 Å². The van der Waals surface area contributed by atoms with Crippen molar-refractivity contribution in [2.24, 2.45) is 11.7 Å². The highest BCUT2D eigenvalue weighted by Crippen LogP contribution is 2.05. The summed E-state index contributed by atoms with van der Waals surface area (Å²) in [6.07, 6.45) is 2.09. The lowest BCUT2D eigenvalue weighted by Crippen LogP contribution is -2.13. The van der Waals surface area contributed by atoms with Gasteiger partial charge >= 0.3 is 0 Å². The zero-order valence-electron chi connectivity index (χ0n) is 8.30. The summed E-state index contributed by atoms with van der Waals surface area (Å²) in [7, 11) is 0. The van der Waals surface area contributed by atoms with Crippen molar-refractivity contribution in [2.75, 3.05) is 6.54 Å². The van der Waals surface area contributed by atoms with Gasteiger partial charge in [0.25, 0.3) is 0 Å². The standard InChI is InChI=1S/C5H9NO.C4H9NO/c1-4-2-5(7)6-3-4;1-2-3-4(5)6/h4H,2-3H2,1H3,(H,6,7);2-3H2,1H3,(H2,5,6). The van der Waals surface area contributed by atoms with E-state index in [9.17, 15) is 9.59 Å². The number of hydrogen-bond acceptors (Lipinski definition) is 2. The molecule has 76 valence electrons. The molecule has 4 nitrogen and oxygen atoms in total. The molecule has 2 amide bonds. The Morgan fingerprint density at radius 1 is 1.69 bits per heavy atom. The Balaban J connectivity index is 0.000000226. The predicted octanol–water partition coefficient (Wildman–Crippen LogP) is 0.414. The average molecular weight is 186 g/mol. The van der Waals surface area contributed by atoms with Gasteiger partial charge in [0.15, 0.2) is 0 Å². The minimum Gasteiger partial charge on any atom is -0.370 e. The van der Waals surface area contributed by atoms with Crippen LogP contribution < -0.4 is 11.1 Å². The maximum absolute atomic E-state index is 10.3. The Labute approximate surface area is 78.9 Å². The lowest BCUT2D eigenvalue weighted by Gasteiger charge is -1.88. The molecule has 1 rings (SSSR count). The Kier molecular flexibility index (Phi) is 5.93. The summed E-state index contributed by atoms with van der Waals surface area (Å²) in [6.45, 7) is 4.86. The van der Waals surface area contributed by atoms with E-state index in [1.807, 2.05) is 6.92 Å². The summed E-state index contributed by atoms with van der Waals surface area (Å²) >= 11 is 0. The van der Waals surface area contributed by atoms with Gasteiger partial charge in [0, 0.05) is 19.4 Å². The molecule has 0 bridgehead atoms. The fraction of sp³-hybridized carbons (Fsp3) is 0.778. The van der Waals surface area contributed by atoms with Gasteiger partial charge in [-0.2, -0.15) is 0 Å². The summed E-state index contributed by atoms with van der Waals surface area (Å²) in [6, 6.07) is 0. The van der Waals surface area contributed by atoms with Gasteiger partial charge in [-0.25, -0.2) is 0 Å². The summed E-state index contributed by atoms with van der Waals surface area (Å²) in [4.78, 5) is 20.2. The van der Waals surface area contributed by atoms with Crippen molar-refractivity contribution >= 4 is 11.8 Å². The molecule has 1 aliphatic rings. The molecule has 1 unspecified atom stereocenters. The first-order chi connectivity index (χ1) is 6.06. The normalized spacial score (nSPS) is 20.2. The highest BCUT2D eigenvalue weighted by molar-refractivity contribution is 5.78. The largest absolute Gasteiger partial charge is 0.370 e. The summed E-state index contributed by atoms with van der Waals surface area (Å²) in [5, 5.41) is 2.73. The molecule has 13 heavy (non-hydrogen) atoms. The average Bonchev–Trinajstić information content (AvgIpc) is 2.35. The number of nitrogens with one attached hydrogen (secondary N) is 1. The molecule has 4 heteroatoms. The number of carbonyl (C=O) groups is 2. The molecule has 3 N–H and O–H groups in total. The molecule has 1 saturated heterocycles. The first-order valence-corrected chi connectivity index (χ1v) is 4.61. The van der Waals surface area contributed by atoms with Crippen molar-refractivity contribution in [3.05, 3.63) is 0 Å². The molecule has 0 aliphatic carbocycles. The quantitative estimate of drug-likeness (QED) is 0.655. The second-order valence-corrected chi connectivity index (χ2v) is 3.33. The van der Waals surface area contributed by atoms with Crippen LogP contribution in [0.3, 0.4) is 0 Å². The lowest BCUT2D eigenvalue weighted by atomic mass is 10.2. The van der Waals surface area contributed by atoms with Crippen LogP contribution in [0.2, 0.25) is 0 Å². The fourth-order valence-electron chi connectivity index (χ4n) is 0.995. The van der Waals surface area contributed by atoms with Crippen LogP contribution >= 0.6 is 0 Å². The maximum Gasteiger partial charge on any atom is 0.220 e. The molecule has 1 fully saturated rings. The van der Waals surface area contributed by atoms with Gasteiger partial charge in [0.1, 0.15) is 0 Å². The smallest absolute Gasteiger partial charge is 0.220 e. The third-order valence-electron chi connectivity index (χ3n) is 1.68. The third-order valence-corrected chi connectivity index (χ3v) is 1.68. The van der Waals surface area contributed by atoms with Crippen molar-refractivity contribution in [3.63, 3.8) is 0 Å². The third kappa shape index (κ3) is 7.31. The van der Waals surface area contributed by atoms with E-state index in [1.54, 1.807) is 0 Å². The molecule has 0 spiro atoms. The second-order valence-electron chi connectivity index (χ2n) is 3.33. The summed E-state index contributed by atoms with van der Waals surface area (Å²) in [5.41, 5.74) is 4.76. The Morgan fingerprint density at radius 2 is 2.31 bits per heavy atom. The maximum atomic E-state index is 10.3. The first kappa shape index (κ1) is 11.9. The van der Waals surface area contributed by atoms with E-state index in [0.717, 1.165) is 19.4 Å². The molecular formula is C9H18N2O2. The van der Waals surface area contributed by atoms with E-state index in [4.69, 9.17) is 5.73 Å². The number of primary amides is 1. The monoisotopic (exact) mass is 186 g/mol. The molecular weight excluding hydrogens is 168 g/mol. The number of nitrogens with two attached hydrogens (primary N) is 1. The molecule has 1 heterocycles. The lowest BCUT2D eigenvalue weighted by molar-refractivity contribution is -0.119. The number of rotatable bonds is 2. The van der Waals surface area contributed by atoms with Crippen LogP contribution in [0.15, 0.2) is 0 Å². The van der Waals surface area contributed by atoms with Crippen molar-refractivity contribution in [1.29, 1.82) is 0 Å². The molecule has 0 radical (unpaired) electrons. The first-order valence-electron chi connectivity index (χ1n) is 4.61. The van der Waals surface area contributed by atoms with Crippen LogP contribution in [0.5, 0.6) is 0 Å². The van der Waals surface area contributed by atoms with Gasteiger partial charge < -0.3 is 11.1 Å². The van der Waals surface area contributed by atoms with Gasteiger partial charge in [0.05, 0.1) is 0 Å². The topological polar surface area (TPSA) is 72.2 Å². The van der Waals surface area contributed by atoms with E-state index >= 15 is 0 Å². The molecule has 0 aromatic carbocycles. The van der Waals surface area contributed by atoms with Crippen LogP contribution in [-0.4, -0.2) is 18.4 Å². The van der Waals surface area contributed by atoms with E-state index in [-0.39, 0.29) is 11.8 Å². The molecule has 0 saturated carbocycles. The minimum atomic E-state index is -0.211. The number of hydrogen-bond donors (Lipinski definition) is 2. The highest BCUT2D eigenvalue weighted by Gasteiger charge is 2.15.